The van der Waals surface area contributed by atoms with E-state index in [1.165, 1.54) is 0 Å². The minimum Gasteiger partial charge on any atom is -0.361 e. The van der Waals surface area contributed by atoms with Crippen molar-refractivity contribution in [2.45, 2.75) is 51.6 Å². The number of rotatable bonds is 10. The van der Waals surface area contributed by atoms with Gasteiger partial charge in [-0.3, -0.25) is 4.55 Å². The van der Waals surface area contributed by atoms with E-state index >= 15 is 0 Å². The van der Waals surface area contributed by atoms with Gasteiger partial charge in [0.2, 0.25) is 0 Å². The van der Waals surface area contributed by atoms with Crippen molar-refractivity contribution in [3.8, 4) is 0 Å². The summed E-state index contributed by atoms with van der Waals surface area (Å²) < 4.78 is 41.5. The lowest BCUT2D eigenvalue weighted by atomic mass is 10.1. The lowest BCUT2D eigenvalue weighted by Crippen LogP contribution is -2.12. The molecule has 1 unspecified atom stereocenters. The zero-order valence-electron chi connectivity index (χ0n) is 15.1. The molecular formula is C18H23N3O5S. The van der Waals surface area contributed by atoms with E-state index in [2.05, 4.69) is 15.1 Å². The Morgan fingerprint density at radius 1 is 1.22 bits per heavy atom. The number of unbranched alkanes of at least 4 members (excludes halogenated alkanes) is 3. The Kier molecular flexibility index (Phi) is 6.25. The van der Waals surface area contributed by atoms with Gasteiger partial charge >= 0.3 is 10.4 Å². The molecule has 0 saturated heterocycles. The summed E-state index contributed by atoms with van der Waals surface area (Å²) in [7, 11) is -4.57. The second kappa shape index (κ2) is 8.64. The molecule has 0 aliphatic rings. The summed E-state index contributed by atoms with van der Waals surface area (Å²) in [6, 6.07) is 9.31. The highest BCUT2D eigenvalue weighted by Gasteiger charge is 2.22. The fourth-order valence-electron chi connectivity index (χ4n) is 3.02. The van der Waals surface area contributed by atoms with Crippen LogP contribution in [0.25, 0.3) is 11.0 Å². The minimum absolute atomic E-state index is 0.394. The fourth-order valence-corrected chi connectivity index (χ4v) is 3.50. The van der Waals surface area contributed by atoms with Crippen LogP contribution in [0.1, 0.15) is 55.5 Å². The van der Waals surface area contributed by atoms with Gasteiger partial charge in [0.25, 0.3) is 0 Å². The monoisotopic (exact) mass is 393 g/mol. The number of H-pyrrole nitrogens is 1. The van der Waals surface area contributed by atoms with Crippen molar-refractivity contribution < 1.29 is 21.7 Å². The molecule has 0 amide bonds. The third-order valence-corrected chi connectivity index (χ3v) is 4.74. The summed E-state index contributed by atoms with van der Waals surface area (Å²) in [5.41, 5.74) is 2.39. The largest absolute Gasteiger partial charge is 0.398 e. The van der Waals surface area contributed by atoms with E-state index in [9.17, 15) is 8.42 Å². The molecule has 0 aliphatic heterocycles. The van der Waals surface area contributed by atoms with E-state index in [1.807, 2.05) is 37.3 Å². The van der Waals surface area contributed by atoms with Gasteiger partial charge in [0, 0.05) is 12.5 Å². The first-order valence-corrected chi connectivity index (χ1v) is 10.3. The van der Waals surface area contributed by atoms with Crippen molar-refractivity contribution in [3.63, 3.8) is 0 Å². The molecule has 0 fully saturated rings. The number of fused-ring (bicyclic) bond motifs is 1. The van der Waals surface area contributed by atoms with Crippen molar-refractivity contribution in [2.75, 3.05) is 0 Å². The molecule has 0 radical (unpaired) electrons. The third kappa shape index (κ3) is 5.88. The minimum atomic E-state index is -4.57. The predicted molar refractivity (Wildman–Crippen MR) is 99.5 cm³/mol. The van der Waals surface area contributed by atoms with Crippen molar-refractivity contribution in [1.82, 2.24) is 15.1 Å². The molecule has 2 heterocycles. The lowest BCUT2D eigenvalue weighted by Gasteiger charge is -2.13. The first-order chi connectivity index (χ1) is 12.9. The standard InChI is InChI=1S/C18H23N3O5S/c1-13-12-14(25-21-13)8-4-2-3-5-11-17(26-27(22,23)24)18-19-15-9-6-7-10-16(15)20-18/h6-7,9-10,12,17H,2-5,8,11H2,1H3,(H,19,20)(H,22,23,24). The maximum atomic E-state index is 11.2. The van der Waals surface area contributed by atoms with Crippen molar-refractivity contribution >= 4 is 21.4 Å². The SMILES string of the molecule is Cc1cc(CCCCCCC(OS(=O)(=O)O)c2nc3ccccc3[nH]2)on1. The zero-order chi connectivity index (χ0) is 19.3. The van der Waals surface area contributed by atoms with E-state index in [0.717, 1.165) is 54.6 Å². The van der Waals surface area contributed by atoms with Crippen LogP contribution in [0.2, 0.25) is 0 Å². The van der Waals surface area contributed by atoms with Gasteiger partial charge in [-0.25, -0.2) is 9.17 Å². The molecule has 1 atom stereocenters. The Morgan fingerprint density at radius 2 is 2.00 bits per heavy atom. The highest BCUT2D eigenvalue weighted by molar-refractivity contribution is 7.80. The summed E-state index contributed by atoms with van der Waals surface area (Å²) in [6.45, 7) is 1.89. The number of imidazole rings is 1. The number of aryl methyl sites for hydroxylation is 2. The molecule has 0 spiro atoms. The van der Waals surface area contributed by atoms with Crippen LogP contribution in [0, 0.1) is 6.92 Å². The Hall–Kier alpha value is -2.23. The summed E-state index contributed by atoms with van der Waals surface area (Å²) in [6.07, 6.45) is 3.99. The molecule has 0 bridgehead atoms. The first-order valence-electron chi connectivity index (χ1n) is 8.93. The molecule has 0 saturated carbocycles. The van der Waals surface area contributed by atoms with Gasteiger partial charge in [-0.05, 0) is 31.9 Å². The molecule has 2 aromatic heterocycles. The van der Waals surface area contributed by atoms with Crippen LogP contribution >= 0.6 is 0 Å². The van der Waals surface area contributed by atoms with E-state index in [4.69, 9.17) is 13.3 Å². The highest BCUT2D eigenvalue weighted by atomic mass is 32.3. The Balaban J connectivity index is 1.52. The number of aromatic amines is 1. The lowest BCUT2D eigenvalue weighted by molar-refractivity contribution is 0.164. The van der Waals surface area contributed by atoms with E-state index in [1.54, 1.807) is 0 Å². The summed E-state index contributed by atoms with van der Waals surface area (Å²) in [4.78, 5) is 7.44. The number of hydrogen-bond donors (Lipinski definition) is 2. The smallest absolute Gasteiger partial charge is 0.361 e. The molecule has 8 nitrogen and oxygen atoms in total. The van der Waals surface area contributed by atoms with Crippen LogP contribution in [-0.2, 0) is 21.0 Å². The number of para-hydroxylation sites is 2. The summed E-state index contributed by atoms with van der Waals surface area (Å²) in [5, 5.41) is 3.86. The van der Waals surface area contributed by atoms with Crippen LogP contribution in [0.5, 0.6) is 0 Å². The number of aromatic nitrogens is 3. The Morgan fingerprint density at radius 3 is 2.70 bits per heavy atom. The van der Waals surface area contributed by atoms with Crippen molar-refractivity contribution in [3.05, 3.63) is 47.6 Å². The molecule has 2 N–H and O–H groups in total. The van der Waals surface area contributed by atoms with Crippen LogP contribution in [0.4, 0.5) is 0 Å². The third-order valence-electron chi connectivity index (χ3n) is 4.27. The molecule has 27 heavy (non-hydrogen) atoms. The molecule has 0 aliphatic carbocycles. The maximum Gasteiger partial charge on any atom is 0.398 e. The van der Waals surface area contributed by atoms with Crippen molar-refractivity contribution in [1.29, 1.82) is 0 Å². The van der Waals surface area contributed by atoms with E-state index in [0.29, 0.717) is 12.2 Å². The van der Waals surface area contributed by atoms with Gasteiger partial charge in [-0.2, -0.15) is 8.42 Å². The predicted octanol–water partition coefficient (Wildman–Crippen LogP) is 3.91. The average Bonchev–Trinajstić information content (AvgIpc) is 3.21. The second-order valence-electron chi connectivity index (χ2n) is 6.54. The maximum absolute atomic E-state index is 11.2. The number of benzene rings is 1. The zero-order valence-corrected chi connectivity index (χ0v) is 15.9. The molecule has 9 heteroatoms. The quantitative estimate of drug-likeness (QED) is 0.396. The molecule has 3 rings (SSSR count). The average molecular weight is 393 g/mol. The molecule has 3 aromatic rings. The summed E-state index contributed by atoms with van der Waals surface area (Å²) in [5.74, 6) is 1.27. The number of nitrogens with one attached hydrogen (secondary N) is 1. The van der Waals surface area contributed by atoms with E-state index in [-0.39, 0.29) is 0 Å². The first kappa shape index (κ1) is 19.5. The summed E-state index contributed by atoms with van der Waals surface area (Å²) >= 11 is 0. The number of hydrogen-bond acceptors (Lipinski definition) is 6. The highest BCUT2D eigenvalue weighted by Crippen LogP contribution is 2.26. The molecular weight excluding hydrogens is 370 g/mol. The second-order valence-corrected chi connectivity index (χ2v) is 7.59. The molecule has 146 valence electrons. The van der Waals surface area contributed by atoms with Gasteiger partial charge in [0.1, 0.15) is 17.7 Å². The Bertz CT molecular complexity index is 947. The van der Waals surface area contributed by atoms with Gasteiger partial charge in [0.05, 0.1) is 16.7 Å². The normalized spacial score (nSPS) is 13.3. The Labute approximate surface area is 157 Å². The van der Waals surface area contributed by atoms with Crippen molar-refractivity contribution in [2.24, 2.45) is 0 Å². The molecule has 1 aromatic carbocycles. The topological polar surface area (TPSA) is 118 Å². The van der Waals surface area contributed by atoms with Crippen LogP contribution in [-0.4, -0.2) is 28.1 Å². The number of nitrogens with zero attached hydrogens (tertiary/aromatic N) is 2. The fraction of sp³-hybridized carbons (Fsp3) is 0.444. The van der Waals surface area contributed by atoms with Crippen LogP contribution in [0.15, 0.2) is 34.9 Å². The van der Waals surface area contributed by atoms with Gasteiger partial charge in [0.15, 0.2) is 0 Å². The van der Waals surface area contributed by atoms with Gasteiger partial charge in [-0.1, -0.05) is 36.6 Å². The van der Waals surface area contributed by atoms with Crippen LogP contribution in [0.3, 0.4) is 0 Å². The van der Waals surface area contributed by atoms with Gasteiger partial charge in [-0.15, -0.1) is 0 Å². The van der Waals surface area contributed by atoms with Gasteiger partial charge < -0.3 is 9.51 Å². The van der Waals surface area contributed by atoms with E-state index < -0.39 is 16.5 Å². The van der Waals surface area contributed by atoms with Crippen LogP contribution < -0.4 is 0 Å².